The van der Waals surface area contributed by atoms with Gasteiger partial charge in [0.2, 0.25) is 0 Å². The highest BCUT2D eigenvalue weighted by molar-refractivity contribution is 7.91. The second kappa shape index (κ2) is 6.64. The maximum absolute atomic E-state index is 12.2. The first-order valence-corrected chi connectivity index (χ1v) is 9.48. The molecule has 0 bridgehead atoms. The van der Waals surface area contributed by atoms with Crippen molar-refractivity contribution in [3.63, 3.8) is 0 Å². The standard InChI is InChI=1S/C18H19NO3S/c20-18(12-19-17-10-11-23(21,22)13-17)16-8-6-15(7-9-16)14-4-2-1-3-5-14/h1-9,17,19H,10-13H2. The van der Waals surface area contributed by atoms with Crippen LogP contribution in [0.5, 0.6) is 0 Å². The highest BCUT2D eigenvalue weighted by Crippen LogP contribution is 2.19. The molecule has 1 saturated heterocycles. The summed E-state index contributed by atoms with van der Waals surface area (Å²) in [6.45, 7) is 0.171. The minimum atomic E-state index is -2.92. The minimum absolute atomic E-state index is 0.0195. The summed E-state index contributed by atoms with van der Waals surface area (Å²) in [6, 6.07) is 17.4. The molecule has 5 heteroatoms. The summed E-state index contributed by atoms with van der Waals surface area (Å²) in [6.07, 6.45) is 0.586. The number of rotatable bonds is 5. The second-order valence-corrected chi connectivity index (χ2v) is 8.08. The lowest BCUT2D eigenvalue weighted by atomic mass is 10.0. The summed E-state index contributed by atoms with van der Waals surface area (Å²) in [7, 11) is -2.92. The summed E-state index contributed by atoms with van der Waals surface area (Å²) in [5, 5.41) is 3.05. The lowest BCUT2D eigenvalue weighted by Gasteiger charge is -2.10. The van der Waals surface area contributed by atoms with Gasteiger partial charge in [-0.25, -0.2) is 8.42 Å². The molecule has 3 rings (SSSR count). The summed E-state index contributed by atoms with van der Waals surface area (Å²) in [4.78, 5) is 12.2. The Labute approximate surface area is 136 Å². The zero-order valence-electron chi connectivity index (χ0n) is 12.7. The molecule has 0 spiro atoms. The van der Waals surface area contributed by atoms with E-state index in [9.17, 15) is 13.2 Å². The van der Waals surface area contributed by atoms with Gasteiger partial charge in [-0.2, -0.15) is 0 Å². The number of nitrogens with one attached hydrogen (secondary N) is 1. The molecule has 4 nitrogen and oxygen atoms in total. The van der Waals surface area contributed by atoms with Crippen molar-refractivity contribution in [1.82, 2.24) is 5.32 Å². The summed E-state index contributed by atoms with van der Waals surface area (Å²) < 4.78 is 22.8. The third-order valence-electron chi connectivity index (χ3n) is 4.10. The van der Waals surface area contributed by atoms with Crippen LogP contribution >= 0.6 is 0 Å². The predicted molar refractivity (Wildman–Crippen MR) is 91.3 cm³/mol. The van der Waals surface area contributed by atoms with Crippen LogP contribution in [0.25, 0.3) is 11.1 Å². The predicted octanol–water partition coefficient (Wildman–Crippen LogP) is 2.31. The molecule has 1 aliphatic heterocycles. The zero-order valence-corrected chi connectivity index (χ0v) is 13.6. The van der Waals surface area contributed by atoms with Gasteiger partial charge in [-0.3, -0.25) is 4.79 Å². The molecule has 1 heterocycles. The van der Waals surface area contributed by atoms with Crippen molar-refractivity contribution in [3.8, 4) is 11.1 Å². The van der Waals surface area contributed by atoms with E-state index in [2.05, 4.69) is 5.32 Å². The molecule has 1 aliphatic rings. The van der Waals surface area contributed by atoms with E-state index in [-0.39, 0.29) is 29.9 Å². The highest BCUT2D eigenvalue weighted by atomic mass is 32.2. The van der Waals surface area contributed by atoms with Crippen LogP contribution in [-0.4, -0.2) is 38.3 Å². The SMILES string of the molecule is O=C(CNC1CCS(=O)(=O)C1)c1ccc(-c2ccccc2)cc1. The Hall–Kier alpha value is -1.98. The number of ketones is 1. The van der Waals surface area contributed by atoms with Crippen LogP contribution in [0.15, 0.2) is 54.6 Å². The number of carbonyl (C=O) groups excluding carboxylic acids is 1. The molecule has 0 amide bonds. The normalized spacial score (nSPS) is 19.6. The Morgan fingerprint density at radius 1 is 1.00 bits per heavy atom. The molecule has 0 aromatic heterocycles. The van der Waals surface area contributed by atoms with E-state index in [4.69, 9.17) is 0 Å². The molecule has 23 heavy (non-hydrogen) atoms. The third-order valence-corrected chi connectivity index (χ3v) is 5.87. The summed E-state index contributed by atoms with van der Waals surface area (Å²) in [5.74, 6) is 0.326. The molecule has 1 unspecified atom stereocenters. The van der Waals surface area contributed by atoms with Crippen molar-refractivity contribution in [2.45, 2.75) is 12.5 Å². The lowest BCUT2D eigenvalue weighted by Crippen LogP contribution is -2.34. The van der Waals surface area contributed by atoms with Gasteiger partial charge in [0.15, 0.2) is 15.6 Å². The van der Waals surface area contributed by atoms with Gasteiger partial charge in [-0.1, -0.05) is 54.6 Å². The van der Waals surface area contributed by atoms with Crippen LogP contribution in [0.1, 0.15) is 16.8 Å². The molecular weight excluding hydrogens is 310 g/mol. The first kappa shape index (κ1) is 15.9. The summed E-state index contributed by atoms with van der Waals surface area (Å²) in [5.41, 5.74) is 2.82. The molecule has 1 N–H and O–H groups in total. The van der Waals surface area contributed by atoms with Crippen LogP contribution in [0.3, 0.4) is 0 Å². The number of hydrogen-bond acceptors (Lipinski definition) is 4. The van der Waals surface area contributed by atoms with Crippen molar-refractivity contribution in [2.75, 3.05) is 18.1 Å². The van der Waals surface area contributed by atoms with E-state index in [1.165, 1.54) is 0 Å². The number of sulfone groups is 1. The fraction of sp³-hybridized carbons (Fsp3) is 0.278. The molecule has 0 radical (unpaired) electrons. The van der Waals surface area contributed by atoms with Gasteiger partial charge in [0.25, 0.3) is 0 Å². The van der Waals surface area contributed by atoms with Crippen LogP contribution in [-0.2, 0) is 9.84 Å². The maximum Gasteiger partial charge on any atom is 0.176 e. The Morgan fingerprint density at radius 3 is 2.26 bits per heavy atom. The molecule has 0 saturated carbocycles. The Bertz CT molecular complexity index is 783. The monoisotopic (exact) mass is 329 g/mol. The molecule has 2 aromatic rings. The van der Waals surface area contributed by atoms with Gasteiger partial charge in [0.1, 0.15) is 0 Å². The average Bonchev–Trinajstić information content (AvgIpc) is 2.93. The van der Waals surface area contributed by atoms with Gasteiger partial charge < -0.3 is 5.32 Å². The number of benzene rings is 2. The van der Waals surface area contributed by atoms with E-state index in [1.807, 2.05) is 54.6 Å². The molecule has 1 atom stereocenters. The Kier molecular flexibility index (Phi) is 4.59. The molecule has 120 valence electrons. The fourth-order valence-corrected chi connectivity index (χ4v) is 4.48. The molecule has 2 aromatic carbocycles. The van der Waals surface area contributed by atoms with E-state index in [0.29, 0.717) is 12.0 Å². The molecule has 0 aliphatic carbocycles. The van der Waals surface area contributed by atoms with E-state index >= 15 is 0 Å². The van der Waals surface area contributed by atoms with Crippen molar-refractivity contribution in [1.29, 1.82) is 0 Å². The second-order valence-electron chi connectivity index (χ2n) is 5.85. The van der Waals surface area contributed by atoms with E-state index < -0.39 is 9.84 Å². The topological polar surface area (TPSA) is 63.2 Å². The average molecular weight is 329 g/mol. The quantitative estimate of drug-likeness (QED) is 0.855. The van der Waals surface area contributed by atoms with Crippen LogP contribution in [0, 0.1) is 0 Å². The highest BCUT2D eigenvalue weighted by Gasteiger charge is 2.27. The van der Waals surface area contributed by atoms with E-state index in [0.717, 1.165) is 11.1 Å². The van der Waals surface area contributed by atoms with Crippen molar-refractivity contribution < 1.29 is 13.2 Å². The van der Waals surface area contributed by atoms with Gasteiger partial charge >= 0.3 is 0 Å². The van der Waals surface area contributed by atoms with Crippen LogP contribution < -0.4 is 5.32 Å². The van der Waals surface area contributed by atoms with Crippen LogP contribution in [0.4, 0.5) is 0 Å². The van der Waals surface area contributed by atoms with E-state index in [1.54, 1.807) is 0 Å². The van der Waals surface area contributed by atoms with Gasteiger partial charge in [-0.05, 0) is 17.5 Å². The maximum atomic E-state index is 12.2. The molecular formula is C18H19NO3S. The Morgan fingerprint density at radius 2 is 1.65 bits per heavy atom. The lowest BCUT2D eigenvalue weighted by molar-refractivity contribution is 0.0988. The van der Waals surface area contributed by atoms with Gasteiger partial charge in [-0.15, -0.1) is 0 Å². The minimum Gasteiger partial charge on any atom is -0.306 e. The van der Waals surface area contributed by atoms with Crippen LogP contribution in [0.2, 0.25) is 0 Å². The zero-order chi connectivity index (χ0) is 16.3. The summed E-state index contributed by atoms with van der Waals surface area (Å²) >= 11 is 0. The van der Waals surface area contributed by atoms with Crippen molar-refractivity contribution >= 4 is 15.6 Å². The number of Topliss-reactive ketones (excluding diaryl/α,β-unsaturated/α-hetero) is 1. The number of carbonyl (C=O) groups is 1. The van der Waals surface area contributed by atoms with Crippen molar-refractivity contribution in [3.05, 3.63) is 60.2 Å². The first-order chi connectivity index (χ1) is 11.0. The number of hydrogen-bond donors (Lipinski definition) is 1. The third kappa shape index (κ3) is 4.06. The Balaban J connectivity index is 1.60. The fourth-order valence-electron chi connectivity index (χ4n) is 2.77. The molecule has 1 fully saturated rings. The van der Waals surface area contributed by atoms with Crippen molar-refractivity contribution in [2.24, 2.45) is 0 Å². The largest absolute Gasteiger partial charge is 0.306 e. The smallest absolute Gasteiger partial charge is 0.176 e. The van der Waals surface area contributed by atoms with Gasteiger partial charge in [0.05, 0.1) is 18.1 Å². The first-order valence-electron chi connectivity index (χ1n) is 7.66. The van der Waals surface area contributed by atoms with Gasteiger partial charge in [0, 0.05) is 11.6 Å².